The van der Waals surface area contributed by atoms with Gasteiger partial charge < -0.3 is 5.11 Å². The molecule has 0 aliphatic heterocycles. The molecular weight excluding hydrogens is 214 g/mol. The van der Waals surface area contributed by atoms with E-state index in [-0.39, 0.29) is 6.42 Å². The van der Waals surface area contributed by atoms with Crippen LogP contribution in [-0.2, 0) is 11.2 Å². The van der Waals surface area contributed by atoms with Gasteiger partial charge in [0.2, 0.25) is 0 Å². The molecule has 0 aliphatic rings. The summed E-state index contributed by atoms with van der Waals surface area (Å²) in [5.41, 5.74) is 2.43. The highest BCUT2D eigenvalue weighted by molar-refractivity contribution is 6.20. The molecule has 0 amide bonds. The van der Waals surface area contributed by atoms with Crippen LogP contribution in [0.25, 0.3) is 10.9 Å². The van der Waals surface area contributed by atoms with Gasteiger partial charge >= 0.3 is 5.97 Å². The van der Waals surface area contributed by atoms with Gasteiger partial charge in [-0.15, -0.1) is 0 Å². The summed E-state index contributed by atoms with van der Waals surface area (Å²) in [6.45, 7) is 1.82. The molecule has 0 saturated heterocycles. The Hall–Kier alpha value is -1.48. The minimum absolute atomic E-state index is 0.00602. The molecule has 0 unspecified atom stereocenters. The van der Waals surface area contributed by atoms with Crippen molar-refractivity contribution in [2.45, 2.75) is 13.3 Å². The van der Waals surface area contributed by atoms with Crippen LogP contribution in [0.2, 0.25) is 0 Å². The Morgan fingerprint density at radius 1 is 1.47 bits per heavy atom. The van der Waals surface area contributed by atoms with E-state index in [0.717, 1.165) is 22.2 Å². The molecule has 1 heterocycles. The van der Waals surface area contributed by atoms with Crippen molar-refractivity contribution in [3.63, 3.8) is 0 Å². The number of aliphatic carboxylic acids is 1. The summed E-state index contributed by atoms with van der Waals surface area (Å²) in [5.74, 6) is -0.842. The molecule has 4 heteroatoms. The van der Waals surface area contributed by atoms with Crippen molar-refractivity contribution in [1.29, 1.82) is 0 Å². The van der Waals surface area contributed by atoms with Crippen LogP contribution in [-0.4, -0.2) is 15.2 Å². The average molecular weight is 224 g/mol. The number of para-hydroxylation sites is 1. The van der Waals surface area contributed by atoms with Crippen molar-refractivity contribution in [3.05, 3.63) is 35.5 Å². The van der Waals surface area contributed by atoms with Crippen LogP contribution in [0.1, 0.15) is 11.3 Å². The quantitative estimate of drug-likeness (QED) is 0.850. The Bertz CT molecular complexity index is 531. The van der Waals surface area contributed by atoms with E-state index in [1.165, 1.54) is 4.09 Å². The van der Waals surface area contributed by atoms with E-state index < -0.39 is 5.97 Å². The van der Waals surface area contributed by atoms with Crippen molar-refractivity contribution in [2.24, 2.45) is 0 Å². The SMILES string of the molecule is Cc1c(CC(=O)O)c2ccccc2n1Cl. The Kier molecular flexibility index (Phi) is 2.40. The third-order valence-electron chi connectivity index (χ3n) is 2.50. The molecule has 1 N–H and O–H groups in total. The number of fused-ring (bicyclic) bond motifs is 1. The first-order valence-corrected chi connectivity index (χ1v) is 4.92. The van der Waals surface area contributed by atoms with Gasteiger partial charge in [0.1, 0.15) is 0 Å². The second-order valence-electron chi connectivity index (χ2n) is 3.43. The van der Waals surface area contributed by atoms with Crippen molar-refractivity contribution in [2.75, 3.05) is 0 Å². The highest BCUT2D eigenvalue weighted by Crippen LogP contribution is 2.26. The molecule has 3 nitrogen and oxygen atoms in total. The van der Waals surface area contributed by atoms with Gasteiger partial charge in [-0.2, -0.15) is 0 Å². The van der Waals surface area contributed by atoms with Gasteiger partial charge in [-0.1, -0.05) is 18.2 Å². The number of benzene rings is 1. The monoisotopic (exact) mass is 223 g/mol. The molecule has 0 bridgehead atoms. The van der Waals surface area contributed by atoms with E-state index in [2.05, 4.69) is 0 Å². The predicted octanol–water partition coefficient (Wildman–Crippen LogP) is 2.58. The second-order valence-corrected chi connectivity index (χ2v) is 3.77. The fraction of sp³-hybridized carbons (Fsp3) is 0.182. The van der Waals surface area contributed by atoms with Crippen LogP contribution < -0.4 is 0 Å². The third kappa shape index (κ3) is 1.59. The maximum atomic E-state index is 10.7. The summed E-state index contributed by atoms with van der Waals surface area (Å²) in [7, 11) is 0. The van der Waals surface area contributed by atoms with Gasteiger partial charge in [0, 0.05) is 22.9 Å². The number of halogens is 1. The molecule has 0 saturated carbocycles. The van der Waals surface area contributed by atoms with E-state index in [1.54, 1.807) is 0 Å². The molecule has 0 spiro atoms. The van der Waals surface area contributed by atoms with E-state index in [9.17, 15) is 4.79 Å². The molecule has 1 aromatic carbocycles. The van der Waals surface area contributed by atoms with Crippen molar-refractivity contribution in [3.8, 4) is 0 Å². The zero-order valence-electron chi connectivity index (χ0n) is 8.20. The molecule has 78 valence electrons. The van der Waals surface area contributed by atoms with Crippen LogP contribution in [0.4, 0.5) is 0 Å². The van der Waals surface area contributed by atoms with Crippen LogP contribution in [0.5, 0.6) is 0 Å². The van der Waals surface area contributed by atoms with Gasteiger partial charge in [0.15, 0.2) is 0 Å². The molecular formula is C11H10ClNO2. The van der Waals surface area contributed by atoms with E-state index in [1.807, 2.05) is 31.2 Å². The van der Waals surface area contributed by atoms with Gasteiger partial charge in [-0.05, 0) is 18.6 Å². The van der Waals surface area contributed by atoms with E-state index >= 15 is 0 Å². The van der Waals surface area contributed by atoms with Gasteiger partial charge in [0.05, 0.1) is 11.9 Å². The van der Waals surface area contributed by atoms with Crippen LogP contribution >= 0.6 is 11.8 Å². The lowest BCUT2D eigenvalue weighted by molar-refractivity contribution is -0.136. The largest absolute Gasteiger partial charge is 0.481 e. The Morgan fingerprint density at radius 3 is 2.80 bits per heavy atom. The molecule has 2 rings (SSSR count). The maximum Gasteiger partial charge on any atom is 0.307 e. The maximum absolute atomic E-state index is 10.7. The lowest BCUT2D eigenvalue weighted by Crippen LogP contribution is -2.01. The number of rotatable bonds is 2. The number of carboxylic acid groups (broad SMARTS) is 1. The zero-order chi connectivity index (χ0) is 11.0. The predicted molar refractivity (Wildman–Crippen MR) is 59.3 cm³/mol. The first-order valence-electron chi connectivity index (χ1n) is 4.58. The molecule has 15 heavy (non-hydrogen) atoms. The summed E-state index contributed by atoms with van der Waals surface area (Å²) in [5, 5.41) is 9.72. The van der Waals surface area contributed by atoms with Crippen LogP contribution in [0.3, 0.4) is 0 Å². The summed E-state index contributed by atoms with van der Waals surface area (Å²) < 4.78 is 1.51. The number of hydrogen-bond acceptors (Lipinski definition) is 1. The lowest BCUT2D eigenvalue weighted by Gasteiger charge is -1.96. The van der Waals surface area contributed by atoms with Crippen molar-refractivity contribution in [1.82, 2.24) is 4.09 Å². The Balaban J connectivity index is 2.72. The lowest BCUT2D eigenvalue weighted by atomic mass is 10.1. The van der Waals surface area contributed by atoms with Gasteiger partial charge in [0.25, 0.3) is 0 Å². The minimum Gasteiger partial charge on any atom is -0.481 e. The minimum atomic E-state index is -0.842. The Labute approximate surface area is 92.0 Å². The number of nitrogens with zero attached hydrogens (tertiary/aromatic N) is 1. The number of carbonyl (C=O) groups is 1. The standard InChI is InChI=1S/C11H10ClNO2/c1-7-9(6-11(14)15)8-4-2-3-5-10(8)13(7)12/h2-5H,6H2,1H3,(H,14,15). The zero-order valence-corrected chi connectivity index (χ0v) is 8.95. The van der Waals surface area contributed by atoms with Crippen molar-refractivity contribution < 1.29 is 9.90 Å². The first-order chi connectivity index (χ1) is 7.11. The molecule has 0 fully saturated rings. The molecule has 0 radical (unpaired) electrons. The Morgan fingerprint density at radius 2 is 2.13 bits per heavy atom. The summed E-state index contributed by atoms with van der Waals surface area (Å²) in [4.78, 5) is 10.7. The normalized spacial score (nSPS) is 10.8. The van der Waals surface area contributed by atoms with Crippen LogP contribution in [0.15, 0.2) is 24.3 Å². The second kappa shape index (κ2) is 3.59. The molecule has 1 aromatic heterocycles. The highest BCUT2D eigenvalue weighted by atomic mass is 35.5. The summed E-state index contributed by atoms with van der Waals surface area (Å²) in [6.07, 6.45) is 0.00602. The van der Waals surface area contributed by atoms with Crippen molar-refractivity contribution >= 4 is 28.6 Å². The smallest absolute Gasteiger partial charge is 0.307 e. The van der Waals surface area contributed by atoms with Crippen LogP contribution in [0, 0.1) is 6.92 Å². The number of hydrogen-bond donors (Lipinski definition) is 1. The molecule has 0 aliphatic carbocycles. The average Bonchev–Trinajstić information content (AvgIpc) is 2.44. The van der Waals surface area contributed by atoms with E-state index in [4.69, 9.17) is 16.9 Å². The summed E-state index contributed by atoms with van der Waals surface area (Å²) >= 11 is 6.05. The molecule has 2 aromatic rings. The highest BCUT2D eigenvalue weighted by Gasteiger charge is 2.14. The first kappa shape index (κ1) is 10.1. The number of aromatic nitrogens is 1. The number of carboxylic acids is 1. The van der Waals surface area contributed by atoms with E-state index in [0.29, 0.717) is 0 Å². The summed E-state index contributed by atoms with van der Waals surface area (Å²) in [6, 6.07) is 7.52. The third-order valence-corrected chi connectivity index (χ3v) is 2.94. The topological polar surface area (TPSA) is 42.2 Å². The van der Waals surface area contributed by atoms with Gasteiger partial charge in [-0.25, -0.2) is 0 Å². The fourth-order valence-corrected chi connectivity index (χ4v) is 2.02. The molecule has 0 atom stereocenters. The van der Waals surface area contributed by atoms with Gasteiger partial charge in [-0.3, -0.25) is 8.88 Å². The fourth-order valence-electron chi connectivity index (χ4n) is 1.77.